The second kappa shape index (κ2) is 32.0. The van der Waals surface area contributed by atoms with E-state index in [4.69, 9.17) is 66.3 Å². The molecule has 0 aliphatic carbocycles. The van der Waals surface area contributed by atoms with Crippen molar-refractivity contribution in [1.29, 1.82) is 0 Å². The van der Waals surface area contributed by atoms with Crippen molar-refractivity contribution >= 4 is 11.9 Å². The van der Waals surface area contributed by atoms with Gasteiger partial charge in [-0.15, -0.1) is 0 Å². The Morgan fingerprint density at radius 2 is 0.570 bits per heavy atom. The first kappa shape index (κ1) is 73.8. The Hall–Kier alpha value is -3.44. The minimum Gasteiger partial charge on any atom is -0.508 e. The number of carboxylic acids is 1. The van der Waals surface area contributed by atoms with Crippen molar-refractivity contribution in [2.75, 3.05) is 52.7 Å². The molecule has 14 bridgehead atoms. The number of benzene rings is 1. The predicted molar refractivity (Wildman–Crippen MR) is 286 cm³/mol. The van der Waals surface area contributed by atoms with Crippen LogP contribution in [-0.2, 0) is 82.3 Å². The number of aliphatic carboxylic acids is 1. The van der Waals surface area contributed by atoms with Crippen molar-refractivity contribution in [1.82, 2.24) is 10.6 Å². The molecule has 21 heterocycles. The van der Waals surface area contributed by atoms with E-state index < -0.39 is 286 Å². The van der Waals surface area contributed by atoms with Crippen LogP contribution in [0, 0.1) is 0 Å². The number of carbonyl (C=O) groups is 2. The van der Waals surface area contributed by atoms with Gasteiger partial charge in [-0.2, -0.15) is 0 Å². The van der Waals surface area contributed by atoms with E-state index in [0.29, 0.717) is 5.56 Å². The summed E-state index contributed by atoms with van der Waals surface area (Å²) < 4.78 is 80.9. The second-order valence-electron chi connectivity index (χ2n) is 23.4. The van der Waals surface area contributed by atoms with Gasteiger partial charge in [0, 0.05) is 13.0 Å². The first-order valence-electron chi connectivity index (χ1n) is 29.6. The molecule has 36 atom stereocenters. The van der Waals surface area contributed by atoms with Gasteiger partial charge in [-0.25, -0.2) is 4.79 Å². The van der Waals surface area contributed by atoms with E-state index in [9.17, 15) is 122 Å². The highest BCUT2D eigenvalue weighted by molar-refractivity contribution is 5.84. The average Bonchev–Trinajstić information content (AvgIpc) is 0.793. The number of hydrogen-bond donors (Lipinski definition) is 24. The molecular formula is C53H82N2O38. The molecule has 21 fully saturated rings. The summed E-state index contributed by atoms with van der Waals surface area (Å²) in [6, 6.07) is 3.91. The summed E-state index contributed by atoms with van der Waals surface area (Å²) >= 11 is 0. The standard InChI is InChI=1S/C53H82N2O38/c56-8-18-40-27(66)34(73)49(82-18)90-42-20(10-58)84-51(36(75)29(42)68)92-44-22(12-60)86-53(38(77)31(44)70)93-45-23(13-61)85-52(37(76)30(45)69)91-43-21(11-59)83-50(35(74)28(43)67)89-41-19(9-57)81-48(33(72)26(41)65)87-39-17(80-47(88-40)32(71)25(39)64)6-54-7-24(63)55-16(46(78)79)5-14-1-3-15(62)4-2-14/h1-4,16-23,25-45,47-54,56-62,64-77H,5-13H2,(H,55,63)(H,78,79)/t16-,17-,18+,19-,20+,21-,22+,23-,25+,26+,27-,28+,29+,30+,31+,32+,33+,34-,35+,36-,37+,38+,39+,40+,41+,42+,43+,44+,45+,47+,48+,49+,50+,51+,52+,53+/m0/s1. The van der Waals surface area contributed by atoms with Crippen molar-refractivity contribution in [3.05, 3.63) is 29.8 Å². The average molecular weight is 1360 g/mol. The van der Waals surface area contributed by atoms with Gasteiger partial charge >= 0.3 is 5.97 Å². The number of carboxylic acid groups (broad SMARTS) is 1. The van der Waals surface area contributed by atoms with Gasteiger partial charge in [0.2, 0.25) is 5.91 Å². The van der Waals surface area contributed by atoms with Gasteiger partial charge in [-0.1, -0.05) is 12.1 Å². The van der Waals surface area contributed by atoms with E-state index in [0.717, 1.165) is 0 Å². The molecule has 21 aliphatic heterocycles. The van der Waals surface area contributed by atoms with Crippen LogP contribution in [0.4, 0.5) is 0 Å². The Kier molecular flexibility index (Phi) is 25.4. The molecule has 0 saturated carbocycles. The van der Waals surface area contributed by atoms with Gasteiger partial charge in [-0.05, 0) is 17.7 Å². The SMILES string of the molecule is O=C(CNC[C@@H]1O[C@@H]2O[C@H]3[C@@H](O)[C@H](O)[C@@H](O[C@H]4[C@H](O)[C@H](O)[C@@H](O[C@H]5[C@H](O)[C@@H](O)[C@@H](O[C@H]6[C@H](O)[C@@H](O)[C@@H](O[C@H]7[C@H](O)[C@@H](O)[C@@H](O[C@H]8[C@H](O)[C@@H](O)[C@@H](O[C@H]1[C@H](O)[C@H]2O)O[C@H]8CO)O[C@H]7CO)O[C@H]6CO)O[C@@H]5CO)O[C@@H]4CO)O[C@@H]3CO)N[C@@H](Cc1ccc(O)cc1)C(=O)O. The van der Waals surface area contributed by atoms with Gasteiger partial charge < -0.3 is 189 Å². The third kappa shape index (κ3) is 15.9. The number of carbonyl (C=O) groups excluding carboxylic acids is 1. The minimum absolute atomic E-state index is 0.112. The van der Waals surface area contributed by atoms with Crippen molar-refractivity contribution in [3.63, 3.8) is 0 Å². The maximum absolute atomic E-state index is 13.3. The number of ether oxygens (including phenoxy) is 14. The van der Waals surface area contributed by atoms with Crippen LogP contribution in [0.3, 0.4) is 0 Å². The summed E-state index contributed by atoms with van der Waals surface area (Å²) in [5.74, 6) is -2.50. The lowest BCUT2D eigenvalue weighted by molar-refractivity contribution is -0.396. The minimum atomic E-state index is -2.32. The maximum Gasteiger partial charge on any atom is 0.326 e. The lowest BCUT2D eigenvalue weighted by atomic mass is 9.95. The quantitative estimate of drug-likeness (QED) is 0.0822. The molecular weight excluding hydrogens is 1270 g/mol. The number of hydrogen-bond acceptors (Lipinski definition) is 38. The predicted octanol–water partition coefficient (Wildman–Crippen LogP) is -15.1. The van der Waals surface area contributed by atoms with Crippen LogP contribution in [-0.4, -0.2) is 398 Å². The Morgan fingerprint density at radius 3 is 0.796 bits per heavy atom. The van der Waals surface area contributed by atoms with Gasteiger partial charge in [0.1, 0.15) is 183 Å². The first-order valence-corrected chi connectivity index (χ1v) is 29.6. The van der Waals surface area contributed by atoms with Gasteiger partial charge in [0.15, 0.2) is 44.0 Å². The molecule has 40 heteroatoms. The molecule has 0 radical (unpaired) electrons. The zero-order valence-electron chi connectivity index (χ0n) is 48.8. The molecule has 1 aromatic rings. The molecule has 532 valence electrons. The summed E-state index contributed by atoms with van der Waals surface area (Å²) in [4.78, 5) is 25.5. The molecule has 24 N–H and O–H groups in total. The Balaban J connectivity index is 0.998. The molecule has 21 saturated heterocycles. The monoisotopic (exact) mass is 1350 g/mol. The van der Waals surface area contributed by atoms with Crippen molar-refractivity contribution in [2.24, 2.45) is 0 Å². The van der Waals surface area contributed by atoms with Crippen molar-refractivity contribution < 1.29 is 188 Å². The highest BCUT2D eigenvalue weighted by Gasteiger charge is 2.60. The number of aromatic hydroxyl groups is 1. The fourth-order valence-electron chi connectivity index (χ4n) is 12.1. The highest BCUT2D eigenvalue weighted by Crippen LogP contribution is 2.39. The van der Waals surface area contributed by atoms with Crippen LogP contribution in [0.2, 0.25) is 0 Å². The number of aliphatic hydroxyl groups is 20. The van der Waals surface area contributed by atoms with Crippen molar-refractivity contribution in [2.45, 2.75) is 227 Å². The molecule has 22 rings (SSSR count). The molecule has 1 aromatic carbocycles. The fourth-order valence-corrected chi connectivity index (χ4v) is 12.1. The Bertz CT molecular complexity index is 2510. The van der Waals surface area contributed by atoms with E-state index in [1.165, 1.54) is 24.3 Å². The maximum atomic E-state index is 13.3. The topological polar surface area (TPSA) is 632 Å². The lowest BCUT2D eigenvalue weighted by Crippen LogP contribution is -2.68. The van der Waals surface area contributed by atoms with Crippen LogP contribution >= 0.6 is 0 Å². The van der Waals surface area contributed by atoms with E-state index in [-0.39, 0.29) is 12.2 Å². The molecule has 40 nitrogen and oxygen atoms in total. The normalized spacial score (nSPS) is 48.1. The van der Waals surface area contributed by atoms with Crippen LogP contribution in [0.5, 0.6) is 5.75 Å². The number of amides is 1. The number of nitrogens with one attached hydrogen (secondary N) is 2. The number of phenols is 1. The smallest absolute Gasteiger partial charge is 0.326 e. The second-order valence-corrected chi connectivity index (χ2v) is 23.4. The molecule has 0 spiro atoms. The fraction of sp³-hybridized carbons (Fsp3) is 0.849. The first-order chi connectivity index (χ1) is 44.3. The van der Waals surface area contributed by atoms with E-state index in [1.54, 1.807) is 0 Å². The molecule has 21 aliphatic rings. The molecule has 0 unspecified atom stereocenters. The van der Waals surface area contributed by atoms with Crippen LogP contribution in [0.25, 0.3) is 0 Å². The van der Waals surface area contributed by atoms with E-state index in [1.807, 2.05) is 0 Å². The van der Waals surface area contributed by atoms with Gasteiger partial charge in [-0.3, -0.25) is 4.79 Å². The third-order valence-electron chi connectivity index (χ3n) is 17.2. The van der Waals surface area contributed by atoms with Crippen LogP contribution < -0.4 is 10.6 Å². The number of rotatable bonds is 14. The third-order valence-corrected chi connectivity index (χ3v) is 17.2. The lowest BCUT2D eigenvalue weighted by Gasteiger charge is -2.50. The molecule has 1 amide bonds. The van der Waals surface area contributed by atoms with E-state index >= 15 is 0 Å². The molecule has 0 aromatic heterocycles. The van der Waals surface area contributed by atoms with Gasteiger partial charge in [0.25, 0.3) is 0 Å². The largest absolute Gasteiger partial charge is 0.508 e. The van der Waals surface area contributed by atoms with Crippen molar-refractivity contribution in [3.8, 4) is 5.75 Å². The Morgan fingerprint density at radius 1 is 0.344 bits per heavy atom. The summed E-state index contributed by atoms with van der Waals surface area (Å²) in [5, 5.41) is 249. The molecule has 93 heavy (non-hydrogen) atoms. The van der Waals surface area contributed by atoms with E-state index in [2.05, 4.69) is 10.6 Å². The summed E-state index contributed by atoms with van der Waals surface area (Å²) in [6.07, 6.45) is -72.8. The summed E-state index contributed by atoms with van der Waals surface area (Å²) in [7, 11) is 0. The summed E-state index contributed by atoms with van der Waals surface area (Å²) in [5.41, 5.74) is 0.408. The highest BCUT2D eigenvalue weighted by atomic mass is 16.8. The van der Waals surface area contributed by atoms with Crippen LogP contribution in [0.1, 0.15) is 5.56 Å². The Labute approximate surface area is 525 Å². The zero-order valence-corrected chi connectivity index (χ0v) is 48.8. The van der Waals surface area contributed by atoms with Gasteiger partial charge in [0.05, 0.1) is 46.2 Å². The number of aliphatic hydroxyl groups excluding tert-OH is 20. The number of phenolic OH excluding ortho intramolecular Hbond substituents is 1. The van der Waals surface area contributed by atoms with Crippen LogP contribution in [0.15, 0.2) is 24.3 Å². The zero-order chi connectivity index (χ0) is 67.6. The summed E-state index contributed by atoms with van der Waals surface area (Å²) in [6.45, 7) is -7.94.